The molecule has 2 aliphatic carbocycles. The average Bonchev–Trinajstić information content (AvgIpc) is 3.40. The summed E-state index contributed by atoms with van der Waals surface area (Å²) in [5, 5.41) is 6.11. The summed E-state index contributed by atoms with van der Waals surface area (Å²) in [6, 6.07) is 8.70. The van der Waals surface area contributed by atoms with Crippen LogP contribution in [0.25, 0.3) is 5.69 Å². The molecule has 9 heteroatoms. The second-order valence-electron chi connectivity index (χ2n) is 7.27. The Labute approximate surface area is 182 Å². The lowest BCUT2D eigenvalue weighted by Crippen LogP contribution is -2.31. The van der Waals surface area contributed by atoms with Crippen LogP contribution in [0, 0.1) is 0 Å². The zero-order valence-electron chi connectivity index (χ0n) is 15.1. The van der Waals surface area contributed by atoms with Crippen molar-refractivity contribution in [3.05, 3.63) is 68.5 Å². The summed E-state index contributed by atoms with van der Waals surface area (Å²) in [4.78, 5) is 17.1. The monoisotopic (exact) mass is 447 g/mol. The summed E-state index contributed by atoms with van der Waals surface area (Å²) >= 11 is 18.6. The number of pyridine rings is 1. The summed E-state index contributed by atoms with van der Waals surface area (Å²) in [5.41, 5.74) is 8.66. The minimum Gasteiger partial charge on any atom is -0.280 e. The summed E-state index contributed by atoms with van der Waals surface area (Å²) < 4.78 is 1.81. The van der Waals surface area contributed by atoms with E-state index in [2.05, 4.69) is 20.9 Å². The van der Waals surface area contributed by atoms with Crippen LogP contribution in [0.5, 0.6) is 0 Å². The van der Waals surface area contributed by atoms with Crippen LogP contribution in [0.15, 0.2) is 36.5 Å². The molecule has 2 atom stereocenters. The molecule has 148 valence electrons. The Morgan fingerprint density at radius 2 is 1.93 bits per heavy atom. The molecule has 1 amide bonds. The van der Waals surface area contributed by atoms with Crippen LogP contribution in [-0.4, -0.2) is 20.7 Å². The lowest BCUT2D eigenvalue weighted by atomic mass is 9.95. The van der Waals surface area contributed by atoms with Gasteiger partial charge in [-0.1, -0.05) is 34.8 Å². The molecular formula is C20H16Cl3N5O. The van der Waals surface area contributed by atoms with Gasteiger partial charge in [0.05, 0.1) is 21.4 Å². The van der Waals surface area contributed by atoms with E-state index in [-0.39, 0.29) is 5.91 Å². The SMILES string of the molecule is O=C(NNc1ncccc1Cl)c1nn(-c2ccc(Cl)cc2Cl)c2c1[C@H]1CC[C@H]2C1. The number of carbonyl (C=O) groups excluding carboxylic acids is 1. The van der Waals surface area contributed by atoms with Gasteiger partial charge in [-0.3, -0.25) is 15.6 Å². The van der Waals surface area contributed by atoms with Crippen LogP contribution in [0.2, 0.25) is 15.1 Å². The van der Waals surface area contributed by atoms with E-state index in [4.69, 9.17) is 34.8 Å². The molecule has 5 rings (SSSR count). The highest BCUT2D eigenvalue weighted by Crippen LogP contribution is 2.54. The zero-order chi connectivity index (χ0) is 20.1. The first-order valence-electron chi connectivity index (χ1n) is 9.28. The summed E-state index contributed by atoms with van der Waals surface area (Å²) in [6.07, 6.45) is 4.79. The Morgan fingerprint density at radius 1 is 1.10 bits per heavy atom. The molecule has 0 radical (unpaired) electrons. The van der Waals surface area contributed by atoms with E-state index in [1.165, 1.54) is 0 Å². The molecule has 2 heterocycles. The van der Waals surface area contributed by atoms with Crippen LogP contribution < -0.4 is 10.9 Å². The number of nitrogens with zero attached hydrogens (tertiary/aromatic N) is 3. The van der Waals surface area contributed by atoms with Gasteiger partial charge in [0.2, 0.25) is 0 Å². The van der Waals surface area contributed by atoms with Gasteiger partial charge in [0, 0.05) is 22.7 Å². The van der Waals surface area contributed by atoms with E-state index in [0.29, 0.717) is 38.4 Å². The van der Waals surface area contributed by atoms with Gasteiger partial charge in [0.15, 0.2) is 11.5 Å². The van der Waals surface area contributed by atoms with Gasteiger partial charge in [-0.15, -0.1) is 0 Å². The Morgan fingerprint density at radius 3 is 2.72 bits per heavy atom. The van der Waals surface area contributed by atoms with Crippen molar-refractivity contribution in [3.63, 3.8) is 0 Å². The highest BCUT2D eigenvalue weighted by molar-refractivity contribution is 6.35. The molecule has 0 saturated heterocycles. The average molecular weight is 449 g/mol. The normalized spacial score (nSPS) is 19.3. The number of hydrogen-bond donors (Lipinski definition) is 2. The Hall–Kier alpha value is -2.28. The number of anilines is 1. The van der Waals surface area contributed by atoms with Gasteiger partial charge >= 0.3 is 0 Å². The number of aromatic nitrogens is 3. The van der Waals surface area contributed by atoms with E-state index in [1.807, 2.05) is 6.07 Å². The lowest BCUT2D eigenvalue weighted by molar-refractivity contribution is 0.0956. The van der Waals surface area contributed by atoms with Gasteiger partial charge in [0.25, 0.3) is 5.91 Å². The molecule has 1 aromatic carbocycles. The number of nitrogens with one attached hydrogen (secondary N) is 2. The van der Waals surface area contributed by atoms with E-state index < -0.39 is 0 Å². The first kappa shape index (κ1) is 18.7. The maximum Gasteiger partial charge on any atom is 0.290 e. The molecule has 2 N–H and O–H groups in total. The molecule has 0 unspecified atom stereocenters. The fraction of sp³-hybridized carbons (Fsp3) is 0.250. The van der Waals surface area contributed by atoms with Crippen molar-refractivity contribution < 1.29 is 4.79 Å². The third-order valence-electron chi connectivity index (χ3n) is 5.59. The minimum absolute atomic E-state index is 0.334. The van der Waals surface area contributed by atoms with Crippen molar-refractivity contribution in [3.8, 4) is 5.69 Å². The number of rotatable bonds is 4. The maximum absolute atomic E-state index is 13.0. The third kappa shape index (κ3) is 3.16. The van der Waals surface area contributed by atoms with E-state index in [9.17, 15) is 4.79 Å². The smallest absolute Gasteiger partial charge is 0.280 e. The van der Waals surface area contributed by atoms with Gasteiger partial charge < -0.3 is 0 Å². The first-order valence-corrected chi connectivity index (χ1v) is 10.4. The fourth-order valence-corrected chi connectivity index (χ4v) is 5.05. The molecule has 2 aliphatic rings. The number of benzene rings is 1. The minimum atomic E-state index is -0.334. The number of hydrazine groups is 1. The predicted octanol–water partition coefficient (Wildman–Crippen LogP) is 5.35. The van der Waals surface area contributed by atoms with Crippen molar-refractivity contribution in [2.45, 2.75) is 31.1 Å². The zero-order valence-corrected chi connectivity index (χ0v) is 17.4. The van der Waals surface area contributed by atoms with Crippen molar-refractivity contribution in [2.75, 3.05) is 5.43 Å². The molecule has 2 bridgehead atoms. The number of halogens is 3. The van der Waals surface area contributed by atoms with Crippen LogP contribution in [0.3, 0.4) is 0 Å². The Kier molecular flexibility index (Phi) is 4.65. The second-order valence-corrected chi connectivity index (χ2v) is 8.53. The molecular weight excluding hydrogens is 433 g/mol. The predicted molar refractivity (Wildman–Crippen MR) is 113 cm³/mol. The van der Waals surface area contributed by atoms with Crippen molar-refractivity contribution in [1.29, 1.82) is 0 Å². The van der Waals surface area contributed by atoms with Gasteiger partial charge in [-0.25, -0.2) is 9.67 Å². The molecule has 2 aromatic heterocycles. The molecule has 0 spiro atoms. The number of amides is 1. The van der Waals surface area contributed by atoms with Crippen molar-refractivity contribution in [2.24, 2.45) is 0 Å². The highest BCUT2D eigenvalue weighted by Gasteiger charge is 2.44. The van der Waals surface area contributed by atoms with Gasteiger partial charge in [0.1, 0.15) is 0 Å². The quantitative estimate of drug-likeness (QED) is 0.528. The number of carbonyl (C=O) groups is 1. The summed E-state index contributed by atoms with van der Waals surface area (Å²) in [5.74, 6) is 0.767. The molecule has 6 nitrogen and oxygen atoms in total. The van der Waals surface area contributed by atoms with E-state index >= 15 is 0 Å². The van der Waals surface area contributed by atoms with Crippen LogP contribution in [-0.2, 0) is 0 Å². The Bertz CT molecular complexity index is 1130. The van der Waals surface area contributed by atoms with Crippen LogP contribution in [0.1, 0.15) is 52.8 Å². The van der Waals surface area contributed by atoms with Crippen molar-refractivity contribution in [1.82, 2.24) is 20.2 Å². The molecule has 1 fully saturated rings. The topological polar surface area (TPSA) is 71.8 Å². The summed E-state index contributed by atoms with van der Waals surface area (Å²) in [7, 11) is 0. The van der Waals surface area contributed by atoms with Crippen LogP contribution >= 0.6 is 34.8 Å². The number of hydrogen-bond acceptors (Lipinski definition) is 4. The molecule has 1 saturated carbocycles. The van der Waals surface area contributed by atoms with Crippen LogP contribution in [0.4, 0.5) is 5.82 Å². The third-order valence-corrected chi connectivity index (χ3v) is 6.44. The standard InChI is InChI=1S/C20H16Cl3N5O/c21-12-5-6-15(14(23)9-12)28-18-11-4-3-10(8-11)16(18)17(27-28)20(29)26-25-19-13(22)2-1-7-24-19/h1-2,5-7,9-11H,3-4,8H2,(H,24,25)(H,26,29)/t10-,11-/m0/s1. The summed E-state index contributed by atoms with van der Waals surface area (Å²) in [6.45, 7) is 0. The fourth-order valence-electron chi connectivity index (χ4n) is 4.39. The molecule has 0 aliphatic heterocycles. The first-order chi connectivity index (χ1) is 14.0. The van der Waals surface area contributed by atoms with Gasteiger partial charge in [-0.2, -0.15) is 5.10 Å². The molecule has 3 aromatic rings. The maximum atomic E-state index is 13.0. The van der Waals surface area contributed by atoms with Crippen molar-refractivity contribution >= 4 is 46.5 Å². The Balaban J connectivity index is 1.52. The largest absolute Gasteiger partial charge is 0.290 e. The van der Waals surface area contributed by atoms with E-state index in [0.717, 1.165) is 36.2 Å². The highest BCUT2D eigenvalue weighted by atomic mass is 35.5. The van der Waals surface area contributed by atoms with Gasteiger partial charge in [-0.05, 0) is 55.5 Å². The second kappa shape index (κ2) is 7.20. The molecule has 29 heavy (non-hydrogen) atoms. The lowest BCUT2D eigenvalue weighted by Gasteiger charge is -2.15. The number of fused-ring (bicyclic) bond motifs is 5. The van der Waals surface area contributed by atoms with E-state index in [1.54, 1.807) is 35.1 Å².